The maximum absolute atomic E-state index is 10.6. The molecule has 0 aliphatic heterocycles. The average molecular weight is 153 g/mol. The van der Waals surface area contributed by atoms with E-state index in [0.717, 1.165) is 7.11 Å². The summed E-state index contributed by atoms with van der Waals surface area (Å²) in [6.07, 6.45) is 3.22. The van der Waals surface area contributed by atoms with E-state index in [4.69, 9.17) is 5.11 Å². The van der Waals surface area contributed by atoms with E-state index in [2.05, 4.69) is 4.98 Å². The Hall–Kier alpha value is -1.22. The Morgan fingerprint density at radius 3 is 2.09 bits per heavy atom. The van der Waals surface area contributed by atoms with Gasteiger partial charge in [0.15, 0.2) is 5.78 Å². The third-order valence-electron chi connectivity index (χ3n) is 1.09. The van der Waals surface area contributed by atoms with Gasteiger partial charge in [0.05, 0.1) is 0 Å². The SMILES string of the molecule is CC(=O)c1ccncc1.CO. The molecule has 0 spiro atoms. The van der Waals surface area contributed by atoms with Crippen molar-refractivity contribution in [2.75, 3.05) is 7.11 Å². The van der Waals surface area contributed by atoms with Gasteiger partial charge in [-0.05, 0) is 19.1 Å². The van der Waals surface area contributed by atoms with E-state index in [1.807, 2.05) is 0 Å². The summed E-state index contributed by atoms with van der Waals surface area (Å²) in [6, 6.07) is 3.39. The minimum Gasteiger partial charge on any atom is -0.400 e. The first kappa shape index (κ1) is 9.78. The first-order valence-corrected chi connectivity index (χ1v) is 3.16. The molecule has 1 aromatic heterocycles. The van der Waals surface area contributed by atoms with Crippen LogP contribution in [0.15, 0.2) is 24.5 Å². The van der Waals surface area contributed by atoms with Crippen LogP contribution in [-0.2, 0) is 0 Å². The smallest absolute Gasteiger partial charge is 0.159 e. The van der Waals surface area contributed by atoms with E-state index in [9.17, 15) is 4.79 Å². The summed E-state index contributed by atoms with van der Waals surface area (Å²) in [5.74, 6) is 0.0809. The lowest BCUT2D eigenvalue weighted by Gasteiger charge is -1.88. The fourth-order valence-electron chi connectivity index (χ4n) is 0.587. The monoisotopic (exact) mass is 153 g/mol. The third kappa shape index (κ3) is 3.47. The molecule has 0 saturated carbocycles. The molecule has 0 saturated heterocycles. The molecule has 1 rings (SSSR count). The Morgan fingerprint density at radius 2 is 1.82 bits per heavy atom. The minimum atomic E-state index is 0.0809. The van der Waals surface area contributed by atoms with Gasteiger partial charge in [0.1, 0.15) is 0 Å². The number of aromatic nitrogens is 1. The van der Waals surface area contributed by atoms with Gasteiger partial charge in [0, 0.05) is 25.1 Å². The van der Waals surface area contributed by atoms with Crippen LogP contribution in [-0.4, -0.2) is 23.0 Å². The molecule has 1 N–H and O–H groups in total. The lowest BCUT2D eigenvalue weighted by Crippen LogP contribution is -1.89. The van der Waals surface area contributed by atoms with Crippen molar-refractivity contribution in [2.45, 2.75) is 6.92 Å². The normalized spacial score (nSPS) is 7.91. The summed E-state index contributed by atoms with van der Waals surface area (Å²) in [5, 5.41) is 7.00. The van der Waals surface area contributed by atoms with Crippen molar-refractivity contribution in [1.29, 1.82) is 0 Å². The van der Waals surface area contributed by atoms with E-state index < -0.39 is 0 Å². The molecule has 1 heterocycles. The Labute approximate surface area is 65.7 Å². The van der Waals surface area contributed by atoms with Gasteiger partial charge in [-0.1, -0.05) is 0 Å². The number of carbonyl (C=O) groups is 1. The topological polar surface area (TPSA) is 50.2 Å². The van der Waals surface area contributed by atoms with E-state index in [1.165, 1.54) is 6.92 Å². The third-order valence-corrected chi connectivity index (χ3v) is 1.09. The van der Waals surface area contributed by atoms with Gasteiger partial charge in [-0.25, -0.2) is 0 Å². The van der Waals surface area contributed by atoms with Crippen LogP contribution in [0.5, 0.6) is 0 Å². The summed E-state index contributed by atoms with van der Waals surface area (Å²) < 4.78 is 0. The van der Waals surface area contributed by atoms with Crippen molar-refractivity contribution in [2.24, 2.45) is 0 Å². The summed E-state index contributed by atoms with van der Waals surface area (Å²) in [4.78, 5) is 14.4. The van der Waals surface area contributed by atoms with Crippen molar-refractivity contribution in [3.8, 4) is 0 Å². The number of aliphatic hydroxyl groups excluding tert-OH is 1. The summed E-state index contributed by atoms with van der Waals surface area (Å²) in [6.45, 7) is 1.54. The van der Waals surface area contributed by atoms with Crippen molar-refractivity contribution < 1.29 is 9.90 Å². The standard InChI is InChI=1S/C7H7NO.CH4O/c1-6(9)7-2-4-8-5-3-7;1-2/h2-5H,1H3;2H,1H3. The average Bonchev–Trinajstić information content (AvgIpc) is 2.10. The molecule has 60 valence electrons. The quantitative estimate of drug-likeness (QED) is 0.609. The zero-order valence-corrected chi connectivity index (χ0v) is 6.61. The van der Waals surface area contributed by atoms with Crippen LogP contribution in [0, 0.1) is 0 Å². The van der Waals surface area contributed by atoms with Gasteiger partial charge in [0.2, 0.25) is 0 Å². The van der Waals surface area contributed by atoms with Crippen molar-refractivity contribution in [3.05, 3.63) is 30.1 Å². The maximum atomic E-state index is 10.6. The highest BCUT2D eigenvalue weighted by atomic mass is 16.2. The van der Waals surface area contributed by atoms with E-state index >= 15 is 0 Å². The van der Waals surface area contributed by atoms with Crippen molar-refractivity contribution in [3.63, 3.8) is 0 Å². The molecule has 0 unspecified atom stereocenters. The van der Waals surface area contributed by atoms with E-state index in [-0.39, 0.29) is 5.78 Å². The van der Waals surface area contributed by atoms with Crippen LogP contribution in [0.2, 0.25) is 0 Å². The summed E-state index contributed by atoms with van der Waals surface area (Å²) in [7, 11) is 1.00. The molecule has 0 atom stereocenters. The summed E-state index contributed by atoms with van der Waals surface area (Å²) >= 11 is 0. The van der Waals surface area contributed by atoms with Gasteiger partial charge < -0.3 is 5.11 Å². The first-order valence-electron chi connectivity index (χ1n) is 3.16. The van der Waals surface area contributed by atoms with E-state index in [0.29, 0.717) is 5.56 Å². The fourth-order valence-corrected chi connectivity index (χ4v) is 0.587. The molecule has 3 nitrogen and oxygen atoms in total. The molecule has 0 bridgehead atoms. The van der Waals surface area contributed by atoms with Crippen LogP contribution < -0.4 is 0 Å². The highest BCUT2D eigenvalue weighted by Gasteiger charge is 1.93. The predicted molar refractivity (Wildman–Crippen MR) is 42.4 cm³/mol. The number of nitrogens with zero attached hydrogens (tertiary/aromatic N) is 1. The largest absolute Gasteiger partial charge is 0.400 e. The number of pyridine rings is 1. The molecule has 1 aromatic rings. The zero-order valence-electron chi connectivity index (χ0n) is 6.61. The maximum Gasteiger partial charge on any atom is 0.159 e. The Bertz CT molecular complexity index is 209. The molecule has 0 aromatic carbocycles. The molecule has 0 aliphatic rings. The lowest BCUT2D eigenvalue weighted by atomic mass is 10.2. The number of rotatable bonds is 1. The van der Waals surface area contributed by atoms with Gasteiger partial charge in [-0.15, -0.1) is 0 Å². The predicted octanol–water partition coefficient (Wildman–Crippen LogP) is 0.893. The van der Waals surface area contributed by atoms with Crippen molar-refractivity contribution >= 4 is 5.78 Å². The number of hydrogen-bond acceptors (Lipinski definition) is 3. The number of hydrogen-bond donors (Lipinski definition) is 1. The second-order valence-electron chi connectivity index (χ2n) is 1.79. The number of carbonyl (C=O) groups excluding carboxylic acids is 1. The summed E-state index contributed by atoms with van der Waals surface area (Å²) in [5.41, 5.74) is 0.713. The van der Waals surface area contributed by atoms with Gasteiger partial charge >= 0.3 is 0 Å². The van der Waals surface area contributed by atoms with Crippen LogP contribution in [0.3, 0.4) is 0 Å². The van der Waals surface area contributed by atoms with Crippen LogP contribution in [0.25, 0.3) is 0 Å². The molecule has 0 aliphatic carbocycles. The Morgan fingerprint density at radius 1 is 1.36 bits per heavy atom. The number of ketones is 1. The number of Topliss-reactive ketones (excluding diaryl/α,β-unsaturated/α-hetero) is 1. The molecule has 0 radical (unpaired) electrons. The molecular weight excluding hydrogens is 142 g/mol. The molecule has 0 fully saturated rings. The highest BCUT2D eigenvalue weighted by molar-refractivity contribution is 5.93. The Balaban J connectivity index is 0.000000461. The molecule has 11 heavy (non-hydrogen) atoms. The Kier molecular flexibility index (Phi) is 4.94. The zero-order chi connectivity index (χ0) is 8.69. The van der Waals surface area contributed by atoms with Crippen LogP contribution in [0.4, 0.5) is 0 Å². The molecule has 0 amide bonds. The van der Waals surface area contributed by atoms with Gasteiger partial charge in [0.25, 0.3) is 0 Å². The fraction of sp³-hybridized carbons (Fsp3) is 0.250. The molecule has 3 heteroatoms. The second kappa shape index (κ2) is 5.56. The first-order chi connectivity index (χ1) is 5.30. The van der Waals surface area contributed by atoms with Gasteiger partial charge in [-0.2, -0.15) is 0 Å². The van der Waals surface area contributed by atoms with E-state index in [1.54, 1.807) is 24.5 Å². The van der Waals surface area contributed by atoms with Crippen LogP contribution >= 0.6 is 0 Å². The minimum absolute atomic E-state index is 0.0809. The number of aliphatic hydroxyl groups is 1. The van der Waals surface area contributed by atoms with Crippen molar-refractivity contribution in [1.82, 2.24) is 4.98 Å². The molecular formula is C8H11NO2. The van der Waals surface area contributed by atoms with Gasteiger partial charge in [-0.3, -0.25) is 9.78 Å². The van der Waals surface area contributed by atoms with Crippen LogP contribution in [0.1, 0.15) is 17.3 Å². The second-order valence-corrected chi connectivity index (χ2v) is 1.79. The lowest BCUT2D eigenvalue weighted by molar-refractivity contribution is 0.101. The highest BCUT2D eigenvalue weighted by Crippen LogP contribution is 1.95.